The third kappa shape index (κ3) is 2.53. The van der Waals surface area contributed by atoms with E-state index in [4.69, 9.17) is 5.73 Å². The summed E-state index contributed by atoms with van der Waals surface area (Å²) in [5.41, 5.74) is 5.89. The van der Waals surface area contributed by atoms with Gasteiger partial charge in [-0.25, -0.2) is 0 Å². The molecule has 0 radical (unpaired) electrons. The molecule has 0 aliphatic carbocycles. The number of hydrogen-bond acceptors (Lipinski definition) is 3. The number of hydrogen-bond donors (Lipinski definition) is 3. The Morgan fingerprint density at radius 2 is 1.94 bits per heavy atom. The zero-order valence-electron chi connectivity index (χ0n) is 10.6. The third-order valence-corrected chi connectivity index (χ3v) is 3.04. The van der Waals surface area contributed by atoms with Crippen LogP contribution in [0.15, 0.2) is 12.3 Å². The number of H-pyrrole nitrogens is 1. The molecule has 4 N–H and O–H groups in total. The second-order valence-corrected chi connectivity index (χ2v) is 4.85. The maximum Gasteiger partial charge on any atom is 0.270 e. The van der Waals surface area contributed by atoms with Crippen molar-refractivity contribution in [3.05, 3.63) is 23.5 Å². The zero-order chi connectivity index (χ0) is 13.3. The molecule has 2 atom stereocenters. The van der Waals surface area contributed by atoms with Crippen molar-refractivity contribution in [1.82, 2.24) is 15.2 Å². The summed E-state index contributed by atoms with van der Waals surface area (Å²) in [5.74, 6) is -0.630. The number of nitrogens with two attached hydrogens (primary N) is 1. The van der Waals surface area contributed by atoms with Crippen LogP contribution in [-0.2, 0) is 0 Å². The molecule has 98 valence electrons. The van der Waals surface area contributed by atoms with Crippen LogP contribution in [0.5, 0.6) is 0 Å². The van der Waals surface area contributed by atoms with Crippen LogP contribution < -0.4 is 11.1 Å². The van der Waals surface area contributed by atoms with Crippen LogP contribution in [0.3, 0.4) is 0 Å². The Bertz CT molecular complexity index is 458. The van der Waals surface area contributed by atoms with Gasteiger partial charge in [0.15, 0.2) is 0 Å². The van der Waals surface area contributed by atoms with Gasteiger partial charge in [0.2, 0.25) is 5.91 Å². The van der Waals surface area contributed by atoms with Crippen molar-refractivity contribution in [3.63, 3.8) is 0 Å². The van der Waals surface area contributed by atoms with E-state index >= 15 is 0 Å². The lowest BCUT2D eigenvalue weighted by molar-refractivity contribution is 0.0668. The molecule has 2 rings (SSSR count). The molecule has 0 bridgehead atoms. The predicted molar refractivity (Wildman–Crippen MR) is 67.3 cm³/mol. The number of carbonyl (C=O) groups is 2. The van der Waals surface area contributed by atoms with Gasteiger partial charge >= 0.3 is 0 Å². The summed E-state index contributed by atoms with van der Waals surface area (Å²) in [4.78, 5) is 27.8. The largest absolute Gasteiger partial charge is 0.366 e. The molecule has 0 aromatic carbocycles. The zero-order valence-corrected chi connectivity index (χ0v) is 10.6. The van der Waals surface area contributed by atoms with Gasteiger partial charge in [-0.2, -0.15) is 0 Å². The van der Waals surface area contributed by atoms with Crippen molar-refractivity contribution in [2.75, 3.05) is 13.1 Å². The molecule has 1 fully saturated rings. The fourth-order valence-corrected chi connectivity index (χ4v) is 2.32. The van der Waals surface area contributed by atoms with Crippen molar-refractivity contribution in [2.45, 2.75) is 25.9 Å². The Hall–Kier alpha value is -1.82. The maximum absolute atomic E-state index is 12.2. The van der Waals surface area contributed by atoms with E-state index in [1.807, 2.05) is 13.8 Å². The van der Waals surface area contributed by atoms with Gasteiger partial charge in [-0.05, 0) is 19.9 Å². The molecule has 1 aromatic rings. The third-order valence-electron chi connectivity index (χ3n) is 3.04. The van der Waals surface area contributed by atoms with Crippen LogP contribution in [-0.4, -0.2) is 46.9 Å². The summed E-state index contributed by atoms with van der Waals surface area (Å²) in [5, 5.41) is 3.36. The fourth-order valence-electron chi connectivity index (χ4n) is 2.32. The normalized spacial score (nSPS) is 24.0. The van der Waals surface area contributed by atoms with Crippen LogP contribution in [0.25, 0.3) is 0 Å². The first kappa shape index (κ1) is 12.6. The van der Waals surface area contributed by atoms with E-state index in [2.05, 4.69) is 10.3 Å². The van der Waals surface area contributed by atoms with Crippen molar-refractivity contribution in [3.8, 4) is 0 Å². The van der Waals surface area contributed by atoms with Gasteiger partial charge < -0.3 is 20.9 Å². The van der Waals surface area contributed by atoms with Crippen LogP contribution in [0.1, 0.15) is 34.7 Å². The molecule has 6 heteroatoms. The van der Waals surface area contributed by atoms with Crippen molar-refractivity contribution < 1.29 is 9.59 Å². The maximum atomic E-state index is 12.2. The van der Waals surface area contributed by atoms with Crippen molar-refractivity contribution in [2.24, 2.45) is 5.73 Å². The Morgan fingerprint density at radius 3 is 2.44 bits per heavy atom. The van der Waals surface area contributed by atoms with Crippen molar-refractivity contribution >= 4 is 11.8 Å². The van der Waals surface area contributed by atoms with Crippen LogP contribution in [0.4, 0.5) is 0 Å². The number of aromatic nitrogens is 1. The van der Waals surface area contributed by atoms with E-state index in [1.54, 1.807) is 4.90 Å². The van der Waals surface area contributed by atoms with Crippen LogP contribution in [0.2, 0.25) is 0 Å². The van der Waals surface area contributed by atoms with Gasteiger partial charge in [0.05, 0.1) is 5.56 Å². The number of amides is 2. The van der Waals surface area contributed by atoms with Gasteiger partial charge in [-0.1, -0.05) is 0 Å². The SMILES string of the molecule is C[C@@H]1CN(C(=O)c2cc(C(N)=O)c[nH]2)C[C@@H](C)N1. The lowest BCUT2D eigenvalue weighted by Gasteiger charge is -2.35. The summed E-state index contributed by atoms with van der Waals surface area (Å²) in [7, 11) is 0. The van der Waals surface area contributed by atoms with Gasteiger partial charge in [0.1, 0.15) is 5.69 Å². The van der Waals surface area contributed by atoms with Crippen molar-refractivity contribution in [1.29, 1.82) is 0 Å². The summed E-state index contributed by atoms with van der Waals surface area (Å²) < 4.78 is 0. The summed E-state index contributed by atoms with van der Waals surface area (Å²) in [6, 6.07) is 2.04. The minimum atomic E-state index is -0.535. The van der Waals surface area contributed by atoms with E-state index < -0.39 is 5.91 Å². The Morgan fingerprint density at radius 1 is 1.33 bits per heavy atom. The molecule has 0 spiro atoms. The molecule has 1 aliphatic rings. The second kappa shape index (κ2) is 4.81. The minimum absolute atomic E-state index is 0.0947. The molecule has 1 aromatic heterocycles. The van der Waals surface area contributed by atoms with Gasteiger partial charge in [-0.3, -0.25) is 9.59 Å². The standard InChI is InChI=1S/C12H18N4O2/c1-7-5-16(6-8(2)15-7)12(18)10-3-9(4-14-10)11(13)17/h3-4,7-8,14-15H,5-6H2,1-2H3,(H2,13,17)/t7-,8-/m1/s1. The molecule has 0 saturated carbocycles. The molecular formula is C12H18N4O2. The molecule has 2 heterocycles. The fraction of sp³-hybridized carbons (Fsp3) is 0.500. The molecule has 18 heavy (non-hydrogen) atoms. The number of primary amides is 1. The molecule has 6 nitrogen and oxygen atoms in total. The number of aromatic amines is 1. The Balaban J connectivity index is 2.12. The number of rotatable bonds is 2. The first-order valence-electron chi connectivity index (χ1n) is 6.01. The van der Waals surface area contributed by atoms with E-state index in [0.717, 1.165) is 0 Å². The number of carbonyl (C=O) groups excluding carboxylic acids is 2. The van der Waals surface area contributed by atoms with Gasteiger partial charge in [0, 0.05) is 31.4 Å². The Kier molecular flexibility index (Phi) is 3.38. The lowest BCUT2D eigenvalue weighted by atomic mass is 10.1. The van der Waals surface area contributed by atoms with E-state index in [0.29, 0.717) is 24.3 Å². The average Bonchev–Trinajstić information content (AvgIpc) is 2.75. The van der Waals surface area contributed by atoms with E-state index in [1.165, 1.54) is 12.3 Å². The number of nitrogens with one attached hydrogen (secondary N) is 2. The monoisotopic (exact) mass is 250 g/mol. The number of piperazine rings is 1. The Labute approximate surface area is 106 Å². The molecule has 1 aliphatic heterocycles. The molecular weight excluding hydrogens is 232 g/mol. The number of nitrogens with zero attached hydrogens (tertiary/aromatic N) is 1. The molecule has 2 amide bonds. The highest BCUT2D eigenvalue weighted by Gasteiger charge is 2.26. The van der Waals surface area contributed by atoms with E-state index in [9.17, 15) is 9.59 Å². The average molecular weight is 250 g/mol. The minimum Gasteiger partial charge on any atom is -0.366 e. The van der Waals surface area contributed by atoms with Gasteiger partial charge in [-0.15, -0.1) is 0 Å². The highest BCUT2D eigenvalue weighted by atomic mass is 16.2. The van der Waals surface area contributed by atoms with Crippen LogP contribution >= 0.6 is 0 Å². The molecule has 1 saturated heterocycles. The smallest absolute Gasteiger partial charge is 0.270 e. The highest BCUT2D eigenvalue weighted by Crippen LogP contribution is 2.11. The molecule has 0 unspecified atom stereocenters. The quantitative estimate of drug-likeness (QED) is 0.686. The summed E-state index contributed by atoms with van der Waals surface area (Å²) in [6.45, 7) is 5.40. The van der Waals surface area contributed by atoms with Crippen LogP contribution in [0, 0.1) is 0 Å². The second-order valence-electron chi connectivity index (χ2n) is 4.85. The highest BCUT2D eigenvalue weighted by molar-refractivity contribution is 5.98. The summed E-state index contributed by atoms with van der Waals surface area (Å²) in [6.07, 6.45) is 1.46. The first-order valence-corrected chi connectivity index (χ1v) is 6.01. The first-order chi connectivity index (χ1) is 8.47. The van der Waals surface area contributed by atoms with Gasteiger partial charge in [0.25, 0.3) is 5.91 Å². The van der Waals surface area contributed by atoms with E-state index in [-0.39, 0.29) is 18.0 Å². The lowest BCUT2D eigenvalue weighted by Crippen LogP contribution is -2.55. The topological polar surface area (TPSA) is 91.2 Å². The summed E-state index contributed by atoms with van der Waals surface area (Å²) >= 11 is 0. The predicted octanol–water partition coefficient (Wildman–Crippen LogP) is -0.0640.